The Morgan fingerprint density at radius 1 is 1.18 bits per heavy atom. The molecule has 0 fully saturated rings. The van der Waals surface area contributed by atoms with E-state index in [0.717, 1.165) is 0 Å². The molecule has 0 aliphatic heterocycles. The normalized spacial score (nSPS) is 10.5. The second kappa shape index (κ2) is 10.3. The van der Waals surface area contributed by atoms with E-state index >= 15 is 0 Å². The van der Waals surface area contributed by atoms with Crippen LogP contribution in [0.5, 0.6) is 5.75 Å². The summed E-state index contributed by atoms with van der Waals surface area (Å²) < 4.78 is 19.8. The number of carbonyl (C=O) groups is 1. The Labute approximate surface area is 174 Å². The van der Waals surface area contributed by atoms with Crippen LogP contribution in [-0.4, -0.2) is 35.0 Å². The van der Waals surface area contributed by atoms with Crippen LogP contribution >= 0.6 is 34.7 Å². The summed E-state index contributed by atoms with van der Waals surface area (Å²) in [4.78, 5) is 11.9. The molecule has 28 heavy (non-hydrogen) atoms. The fraction of sp³-hybridized carbons (Fsp3) is 0.167. The molecule has 2 N–H and O–H groups in total. The van der Waals surface area contributed by atoms with Crippen molar-refractivity contribution in [2.24, 2.45) is 0 Å². The van der Waals surface area contributed by atoms with E-state index < -0.39 is 0 Å². The van der Waals surface area contributed by atoms with Gasteiger partial charge in [-0.25, -0.2) is 4.39 Å². The number of benzene rings is 2. The second-order valence-electron chi connectivity index (χ2n) is 5.42. The van der Waals surface area contributed by atoms with Crippen molar-refractivity contribution in [3.63, 3.8) is 0 Å². The van der Waals surface area contributed by atoms with Crippen LogP contribution in [0, 0.1) is 5.82 Å². The van der Waals surface area contributed by atoms with E-state index in [4.69, 9.17) is 16.3 Å². The highest BCUT2D eigenvalue weighted by atomic mass is 35.5. The molecule has 1 heterocycles. The number of anilines is 2. The molecular weight excluding hydrogens is 423 g/mol. The molecule has 0 radical (unpaired) electrons. The zero-order valence-corrected chi connectivity index (χ0v) is 16.9. The van der Waals surface area contributed by atoms with Gasteiger partial charge in [0.05, 0.1) is 18.0 Å². The lowest BCUT2D eigenvalue weighted by atomic mass is 10.3. The van der Waals surface area contributed by atoms with Crippen LogP contribution in [0.3, 0.4) is 0 Å². The molecule has 0 saturated carbocycles. The van der Waals surface area contributed by atoms with Crippen molar-refractivity contribution in [2.75, 3.05) is 24.2 Å². The SMILES string of the molecule is O=C(CSc1nnc(Nc2ccccc2F)s1)NCCOc1ccc(Cl)cc1. The van der Waals surface area contributed by atoms with Gasteiger partial charge in [-0.3, -0.25) is 4.79 Å². The number of thioether (sulfide) groups is 1. The Bertz CT molecular complexity index is 924. The van der Waals surface area contributed by atoms with E-state index in [-0.39, 0.29) is 17.5 Å². The standard InChI is InChI=1S/C18H16ClFN4O2S2/c19-12-5-7-13(8-6-12)26-10-9-21-16(25)11-27-18-24-23-17(28-18)22-15-4-2-1-3-14(15)20/h1-8H,9-11H2,(H,21,25)(H,22,23). The van der Waals surface area contributed by atoms with Crippen molar-refractivity contribution in [1.82, 2.24) is 15.5 Å². The lowest BCUT2D eigenvalue weighted by Crippen LogP contribution is -2.29. The zero-order chi connectivity index (χ0) is 19.8. The predicted molar refractivity (Wildman–Crippen MR) is 110 cm³/mol. The van der Waals surface area contributed by atoms with Gasteiger partial charge < -0.3 is 15.4 Å². The fourth-order valence-electron chi connectivity index (χ4n) is 2.06. The number of hydrogen-bond acceptors (Lipinski definition) is 7. The molecule has 1 aromatic heterocycles. The molecule has 0 aliphatic carbocycles. The van der Waals surface area contributed by atoms with Gasteiger partial charge in [-0.1, -0.05) is 46.8 Å². The maximum Gasteiger partial charge on any atom is 0.230 e. The van der Waals surface area contributed by atoms with E-state index in [9.17, 15) is 9.18 Å². The quantitative estimate of drug-likeness (QED) is 0.382. The summed E-state index contributed by atoms with van der Waals surface area (Å²) in [7, 11) is 0. The first-order chi connectivity index (χ1) is 13.6. The van der Waals surface area contributed by atoms with E-state index in [1.54, 1.807) is 42.5 Å². The lowest BCUT2D eigenvalue weighted by Gasteiger charge is -2.07. The molecule has 3 aromatic rings. The largest absolute Gasteiger partial charge is 0.492 e. The minimum Gasteiger partial charge on any atom is -0.492 e. The number of carbonyl (C=O) groups excluding carboxylic acids is 1. The van der Waals surface area contributed by atoms with Gasteiger partial charge in [-0.05, 0) is 36.4 Å². The summed E-state index contributed by atoms with van der Waals surface area (Å²) >= 11 is 8.32. The molecular formula is C18H16ClFN4O2S2. The topological polar surface area (TPSA) is 76.1 Å². The third-order valence-electron chi connectivity index (χ3n) is 3.36. The molecule has 146 valence electrons. The minimum atomic E-state index is -0.368. The summed E-state index contributed by atoms with van der Waals surface area (Å²) in [6.45, 7) is 0.742. The minimum absolute atomic E-state index is 0.136. The van der Waals surface area contributed by atoms with Gasteiger partial charge in [0.2, 0.25) is 11.0 Å². The molecule has 0 saturated heterocycles. The Kier molecular flexibility index (Phi) is 7.46. The molecule has 0 aliphatic rings. The van der Waals surface area contributed by atoms with E-state index in [1.165, 1.54) is 29.2 Å². The van der Waals surface area contributed by atoms with Gasteiger partial charge in [0, 0.05) is 5.02 Å². The number of nitrogens with one attached hydrogen (secondary N) is 2. The predicted octanol–water partition coefficient (Wildman–Crippen LogP) is 4.36. The van der Waals surface area contributed by atoms with Crippen molar-refractivity contribution in [3.05, 3.63) is 59.4 Å². The smallest absolute Gasteiger partial charge is 0.230 e. The molecule has 10 heteroatoms. The average Bonchev–Trinajstić information content (AvgIpc) is 3.14. The monoisotopic (exact) mass is 438 g/mol. The molecule has 0 bridgehead atoms. The van der Waals surface area contributed by atoms with Crippen LogP contribution < -0.4 is 15.4 Å². The van der Waals surface area contributed by atoms with E-state index in [2.05, 4.69) is 20.8 Å². The molecule has 1 amide bonds. The first kappa shape index (κ1) is 20.4. The highest BCUT2D eigenvalue weighted by Gasteiger charge is 2.09. The summed E-state index contributed by atoms with van der Waals surface area (Å²) in [6.07, 6.45) is 0. The van der Waals surface area contributed by atoms with Crippen molar-refractivity contribution in [1.29, 1.82) is 0 Å². The van der Waals surface area contributed by atoms with Crippen LogP contribution in [-0.2, 0) is 4.79 Å². The Morgan fingerprint density at radius 3 is 2.75 bits per heavy atom. The Hall–Kier alpha value is -2.36. The molecule has 2 aromatic carbocycles. The third-order valence-corrected chi connectivity index (χ3v) is 5.58. The molecule has 0 unspecified atom stereocenters. The van der Waals surface area contributed by atoms with Gasteiger partial charge in [0.1, 0.15) is 18.2 Å². The first-order valence-corrected chi connectivity index (χ1v) is 10.4. The molecule has 0 spiro atoms. The van der Waals surface area contributed by atoms with Gasteiger partial charge >= 0.3 is 0 Å². The van der Waals surface area contributed by atoms with Crippen LogP contribution in [0.15, 0.2) is 52.9 Å². The number of ether oxygens (including phenoxy) is 1. The number of aromatic nitrogens is 2. The summed E-state index contributed by atoms with van der Waals surface area (Å²) in [6, 6.07) is 13.3. The second-order valence-corrected chi connectivity index (χ2v) is 8.06. The fourth-order valence-corrected chi connectivity index (χ4v) is 3.79. The van der Waals surface area contributed by atoms with Gasteiger partial charge in [0.25, 0.3) is 0 Å². The summed E-state index contributed by atoms with van der Waals surface area (Å²) in [5.41, 5.74) is 0.327. The molecule has 6 nitrogen and oxygen atoms in total. The summed E-state index contributed by atoms with van der Waals surface area (Å²) in [5, 5.41) is 14.7. The molecule has 0 atom stereocenters. The number of halogens is 2. The van der Waals surface area contributed by atoms with Crippen molar-refractivity contribution < 1.29 is 13.9 Å². The number of nitrogens with zero attached hydrogens (tertiary/aromatic N) is 2. The van der Waals surface area contributed by atoms with Crippen molar-refractivity contribution in [2.45, 2.75) is 4.34 Å². The highest BCUT2D eigenvalue weighted by Crippen LogP contribution is 2.28. The lowest BCUT2D eigenvalue weighted by molar-refractivity contribution is -0.118. The Balaban J connectivity index is 1.36. The van der Waals surface area contributed by atoms with Gasteiger partial charge in [-0.15, -0.1) is 10.2 Å². The highest BCUT2D eigenvalue weighted by molar-refractivity contribution is 8.01. The number of rotatable bonds is 9. The third kappa shape index (κ3) is 6.36. The van der Waals surface area contributed by atoms with Crippen LogP contribution in [0.1, 0.15) is 0 Å². The Morgan fingerprint density at radius 2 is 1.96 bits per heavy atom. The number of hydrogen-bond donors (Lipinski definition) is 2. The summed E-state index contributed by atoms with van der Waals surface area (Å²) in [5.74, 6) is 0.391. The van der Waals surface area contributed by atoms with Gasteiger partial charge in [0.15, 0.2) is 4.34 Å². The van der Waals surface area contributed by atoms with Crippen molar-refractivity contribution in [3.8, 4) is 5.75 Å². The maximum atomic E-state index is 13.6. The van der Waals surface area contributed by atoms with Crippen molar-refractivity contribution >= 4 is 51.4 Å². The number of para-hydroxylation sites is 1. The van der Waals surface area contributed by atoms with E-state index in [0.29, 0.717) is 39.1 Å². The van der Waals surface area contributed by atoms with Gasteiger partial charge in [-0.2, -0.15) is 0 Å². The molecule has 3 rings (SSSR count). The number of amides is 1. The first-order valence-electron chi connectivity index (χ1n) is 8.23. The van der Waals surface area contributed by atoms with Crippen LogP contribution in [0.25, 0.3) is 0 Å². The van der Waals surface area contributed by atoms with Crippen LogP contribution in [0.4, 0.5) is 15.2 Å². The average molecular weight is 439 g/mol. The maximum absolute atomic E-state index is 13.6. The van der Waals surface area contributed by atoms with Crippen LogP contribution in [0.2, 0.25) is 5.02 Å². The van der Waals surface area contributed by atoms with E-state index in [1.807, 2.05) is 0 Å². The zero-order valence-electron chi connectivity index (χ0n) is 14.5.